The van der Waals surface area contributed by atoms with E-state index in [0.29, 0.717) is 0 Å². The molecule has 0 nitrogen and oxygen atoms in total. The molecule has 1 heterocycles. The molecule has 0 saturated carbocycles. The minimum Gasteiger partial charge on any atom is -0.0758 e. The van der Waals surface area contributed by atoms with Gasteiger partial charge in [-0.1, -0.05) is 39.3 Å². The Hall–Kier alpha value is 0.0649. The topological polar surface area (TPSA) is 0 Å². The van der Waals surface area contributed by atoms with Gasteiger partial charge in [-0.25, -0.2) is 0 Å². The van der Waals surface area contributed by atoms with E-state index in [1.54, 1.807) is 0 Å². The van der Waals surface area contributed by atoms with E-state index in [1.165, 1.54) is 0 Å². The summed E-state index contributed by atoms with van der Waals surface area (Å²) in [5.41, 5.74) is 0. The highest BCUT2D eigenvalue weighted by Gasteiger charge is 2.28. The Morgan fingerprint density at radius 2 is 1.14 bits per heavy atom. The molecule has 0 amide bonds. The van der Waals surface area contributed by atoms with Gasteiger partial charge in [0.05, 0.1) is 0 Å². The maximum absolute atomic E-state index is 2.33. The second kappa shape index (κ2) is 3.12. The lowest BCUT2D eigenvalue weighted by Gasteiger charge is -1.69. The number of hydrogen-bond acceptors (Lipinski definition) is 0. The van der Waals surface area contributed by atoms with Crippen molar-refractivity contribution < 1.29 is 0 Å². The zero-order chi connectivity index (χ0) is 5.86. The van der Waals surface area contributed by atoms with E-state index in [0.717, 1.165) is 11.6 Å². The first-order chi connectivity index (χ1) is 3.30. The summed E-state index contributed by atoms with van der Waals surface area (Å²) < 4.78 is 0. The van der Waals surface area contributed by atoms with Crippen molar-refractivity contribution in [3.05, 3.63) is 0 Å². The van der Waals surface area contributed by atoms with Crippen molar-refractivity contribution in [2.24, 2.45) is 0 Å². The molecule has 0 spiro atoms. The predicted octanol–water partition coefficient (Wildman–Crippen LogP) is 2.35. The lowest BCUT2D eigenvalue weighted by Crippen LogP contribution is -1.42. The molecule has 0 aromatic carbocycles. The van der Waals surface area contributed by atoms with Crippen LogP contribution >= 0.6 is 0 Å². The van der Waals surface area contributed by atoms with Gasteiger partial charge >= 0.3 is 0 Å². The molecular formula is C6H14B. The first-order valence-electron chi connectivity index (χ1n) is 3.15. The molecule has 0 bridgehead atoms. The number of rotatable bonds is 0. The van der Waals surface area contributed by atoms with Crippen molar-refractivity contribution in [2.75, 3.05) is 0 Å². The minimum atomic E-state index is 0.926. The minimum absolute atomic E-state index is 0.926. The van der Waals surface area contributed by atoms with Gasteiger partial charge < -0.3 is 0 Å². The van der Waals surface area contributed by atoms with E-state index in [-0.39, 0.29) is 0 Å². The predicted molar refractivity (Wildman–Crippen MR) is 35.9 cm³/mol. The fraction of sp³-hybridized carbons (Fsp3) is 1.00. The molecule has 1 rings (SSSR count). The molecule has 0 aromatic rings. The lowest BCUT2D eigenvalue weighted by molar-refractivity contribution is 1.02. The van der Waals surface area contributed by atoms with Crippen LogP contribution in [-0.2, 0) is 0 Å². The van der Waals surface area contributed by atoms with E-state index in [9.17, 15) is 0 Å². The van der Waals surface area contributed by atoms with Crippen LogP contribution in [0.2, 0.25) is 11.6 Å². The van der Waals surface area contributed by atoms with Crippen molar-refractivity contribution in [1.82, 2.24) is 0 Å². The molecule has 1 fully saturated rings. The Balaban J connectivity index is 0.000000162. The fourth-order valence-corrected chi connectivity index (χ4v) is 0.415. The molecule has 0 N–H and O–H groups in total. The largest absolute Gasteiger partial charge is 0.115 e. The summed E-state index contributed by atoms with van der Waals surface area (Å²) >= 11 is 0. The van der Waals surface area contributed by atoms with Gasteiger partial charge in [0.15, 0.2) is 0 Å². The normalized spacial score (nSPS) is 34.9. The highest BCUT2D eigenvalue weighted by atomic mass is 14.1. The van der Waals surface area contributed by atoms with E-state index < -0.39 is 0 Å². The zero-order valence-corrected chi connectivity index (χ0v) is 5.73. The molecule has 1 aliphatic rings. The van der Waals surface area contributed by atoms with E-state index in [2.05, 4.69) is 21.1 Å². The third-order valence-corrected chi connectivity index (χ3v) is 1.30. The van der Waals surface area contributed by atoms with Crippen LogP contribution in [0.15, 0.2) is 0 Å². The van der Waals surface area contributed by atoms with Gasteiger partial charge in [-0.15, -0.1) is 0 Å². The van der Waals surface area contributed by atoms with Crippen LogP contribution < -0.4 is 0 Å². The maximum atomic E-state index is 2.33. The second-order valence-corrected chi connectivity index (χ2v) is 1.91. The molecule has 0 aromatic heterocycles. The highest BCUT2D eigenvalue weighted by molar-refractivity contribution is 6.53. The summed E-state index contributed by atoms with van der Waals surface area (Å²) in [7, 11) is 2.33. The van der Waals surface area contributed by atoms with Crippen LogP contribution in [-0.4, -0.2) is 7.28 Å². The second-order valence-electron chi connectivity index (χ2n) is 1.91. The van der Waals surface area contributed by atoms with Gasteiger partial charge in [0.25, 0.3) is 0 Å². The molecule has 1 radical (unpaired) electrons. The third kappa shape index (κ3) is 2.72. The summed E-state index contributed by atoms with van der Waals surface area (Å²) in [6.45, 7) is 8.48. The molecular weight excluding hydrogens is 82.9 g/mol. The molecule has 1 saturated heterocycles. The van der Waals surface area contributed by atoms with Crippen molar-refractivity contribution in [3.8, 4) is 0 Å². The zero-order valence-electron chi connectivity index (χ0n) is 5.73. The molecule has 1 aliphatic heterocycles. The summed E-state index contributed by atoms with van der Waals surface area (Å²) in [6, 6.07) is 0. The Morgan fingerprint density at radius 1 is 1.00 bits per heavy atom. The van der Waals surface area contributed by atoms with Gasteiger partial charge in [-0.05, 0) is 0 Å². The van der Waals surface area contributed by atoms with Crippen LogP contribution in [0.25, 0.3) is 0 Å². The van der Waals surface area contributed by atoms with E-state index in [4.69, 9.17) is 0 Å². The standard InChI is InChI=1S/C4H8B.C2H6/c1-3-4(2)5-3;1-2/h3-4H,1-2H3;1-2H3. The van der Waals surface area contributed by atoms with Crippen molar-refractivity contribution in [1.29, 1.82) is 0 Å². The summed E-state index contributed by atoms with van der Waals surface area (Å²) in [5.74, 6) is 1.85. The summed E-state index contributed by atoms with van der Waals surface area (Å²) in [5, 5.41) is 0. The van der Waals surface area contributed by atoms with Gasteiger partial charge in [0, 0.05) is 0 Å². The fourth-order valence-electron chi connectivity index (χ4n) is 0.415. The van der Waals surface area contributed by atoms with E-state index in [1.807, 2.05) is 13.8 Å². The van der Waals surface area contributed by atoms with Gasteiger partial charge in [-0.2, -0.15) is 0 Å². The first-order valence-corrected chi connectivity index (χ1v) is 3.15. The van der Waals surface area contributed by atoms with Crippen LogP contribution in [0.1, 0.15) is 27.7 Å². The molecule has 2 atom stereocenters. The van der Waals surface area contributed by atoms with Gasteiger partial charge in [-0.3, -0.25) is 0 Å². The highest BCUT2D eigenvalue weighted by Crippen LogP contribution is 2.39. The summed E-state index contributed by atoms with van der Waals surface area (Å²) in [4.78, 5) is 0. The maximum Gasteiger partial charge on any atom is 0.115 e. The Bertz CT molecular complexity index is 37.4. The quantitative estimate of drug-likeness (QED) is 0.407. The molecule has 0 aliphatic carbocycles. The molecule has 7 heavy (non-hydrogen) atoms. The first kappa shape index (κ1) is 7.06. The summed E-state index contributed by atoms with van der Waals surface area (Å²) in [6.07, 6.45) is 0. The van der Waals surface area contributed by atoms with Crippen LogP contribution in [0, 0.1) is 0 Å². The Morgan fingerprint density at radius 3 is 1.14 bits per heavy atom. The van der Waals surface area contributed by atoms with Crippen LogP contribution in [0.5, 0.6) is 0 Å². The molecule has 41 valence electrons. The Labute approximate surface area is 47.6 Å². The SMILES string of the molecule is CC.CC1[B]C1C. The molecule has 2 unspecified atom stereocenters. The smallest absolute Gasteiger partial charge is 0.0758 e. The molecule has 1 heteroatoms. The monoisotopic (exact) mass is 97.1 g/mol. The lowest BCUT2D eigenvalue weighted by atomic mass is 10.0. The van der Waals surface area contributed by atoms with Crippen molar-refractivity contribution >= 4 is 7.28 Å². The van der Waals surface area contributed by atoms with Crippen molar-refractivity contribution in [2.45, 2.75) is 39.3 Å². The number of hydrogen-bond donors (Lipinski definition) is 0. The van der Waals surface area contributed by atoms with Gasteiger partial charge in [0.2, 0.25) is 0 Å². The van der Waals surface area contributed by atoms with Crippen LogP contribution in [0.4, 0.5) is 0 Å². The third-order valence-electron chi connectivity index (χ3n) is 1.30. The average Bonchev–Trinajstić information content (AvgIpc) is 2.27. The Kier molecular flexibility index (Phi) is 3.15. The average molecular weight is 97.0 g/mol. The van der Waals surface area contributed by atoms with E-state index >= 15 is 0 Å². The van der Waals surface area contributed by atoms with Gasteiger partial charge in [0.1, 0.15) is 7.28 Å². The van der Waals surface area contributed by atoms with Crippen LogP contribution in [0.3, 0.4) is 0 Å². The van der Waals surface area contributed by atoms with Crippen molar-refractivity contribution in [3.63, 3.8) is 0 Å².